The highest BCUT2D eigenvalue weighted by molar-refractivity contribution is 7.89. The summed E-state index contributed by atoms with van der Waals surface area (Å²) in [6.07, 6.45) is 2.06. The first-order chi connectivity index (χ1) is 16.3. The summed E-state index contributed by atoms with van der Waals surface area (Å²) in [5, 5.41) is 3.99. The largest absolute Gasteiger partial charge is 0.497 e. The van der Waals surface area contributed by atoms with Gasteiger partial charge in [-0.3, -0.25) is 9.69 Å². The molecule has 1 amide bonds. The Bertz CT molecular complexity index is 1350. The van der Waals surface area contributed by atoms with Crippen LogP contribution in [0.3, 0.4) is 0 Å². The van der Waals surface area contributed by atoms with Crippen molar-refractivity contribution in [2.45, 2.75) is 43.7 Å². The third-order valence-corrected chi connectivity index (χ3v) is 7.34. The normalized spacial score (nSPS) is 15.7. The molecule has 34 heavy (non-hydrogen) atoms. The molecule has 1 aliphatic heterocycles. The van der Waals surface area contributed by atoms with Gasteiger partial charge in [-0.1, -0.05) is 17.3 Å². The van der Waals surface area contributed by atoms with Crippen LogP contribution in [0.2, 0.25) is 0 Å². The smallest absolute Gasteiger partial charge is 0.265 e. The van der Waals surface area contributed by atoms with E-state index >= 15 is 0 Å². The van der Waals surface area contributed by atoms with Gasteiger partial charge in [0.1, 0.15) is 11.5 Å². The van der Waals surface area contributed by atoms with Crippen LogP contribution in [0, 0.1) is 6.92 Å². The van der Waals surface area contributed by atoms with Crippen LogP contribution in [0.5, 0.6) is 11.5 Å². The minimum atomic E-state index is -3.85. The van der Waals surface area contributed by atoms with Crippen LogP contribution >= 0.6 is 0 Å². The zero-order valence-electron chi connectivity index (χ0n) is 18.8. The van der Waals surface area contributed by atoms with Crippen molar-refractivity contribution >= 4 is 21.6 Å². The summed E-state index contributed by atoms with van der Waals surface area (Å²) in [5.74, 6) is 1.99. The van der Waals surface area contributed by atoms with E-state index in [1.54, 1.807) is 38.3 Å². The molecule has 5 rings (SSSR count). The molecule has 0 radical (unpaired) electrons. The Kier molecular flexibility index (Phi) is 5.74. The van der Waals surface area contributed by atoms with Gasteiger partial charge < -0.3 is 14.0 Å². The van der Waals surface area contributed by atoms with Gasteiger partial charge in [-0.2, -0.15) is 4.98 Å². The number of benzene rings is 2. The van der Waals surface area contributed by atoms with Crippen LogP contribution in [-0.2, 0) is 27.9 Å². The SMILES string of the molecule is COc1cccc(CNS(=O)(=O)c2cc3c(cc2C)N(Cc2noc(C4CC4)n2)C(=O)CO3)c1. The van der Waals surface area contributed by atoms with E-state index in [9.17, 15) is 13.2 Å². The van der Waals surface area contributed by atoms with Crippen LogP contribution < -0.4 is 19.1 Å². The fourth-order valence-corrected chi connectivity index (χ4v) is 5.06. The summed E-state index contributed by atoms with van der Waals surface area (Å²) in [7, 11) is -2.29. The molecule has 10 nitrogen and oxygen atoms in total. The standard InChI is InChI=1S/C23H24N4O6S/c1-14-8-18-19(10-20(14)34(29,30)24-11-15-4-3-5-17(9-15)31-2)32-13-22(28)27(18)12-21-25-23(33-26-21)16-6-7-16/h3-5,8-10,16,24H,6-7,11-13H2,1-2H3. The van der Waals surface area contributed by atoms with Crippen molar-refractivity contribution in [3.63, 3.8) is 0 Å². The molecule has 1 saturated carbocycles. The zero-order valence-corrected chi connectivity index (χ0v) is 19.6. The van der Waals surface area contributed by atoms with Crippen LogP contribution in [0.1, 0.15) is 41.6 Å². The molecular weight excluding hydrogens is 460 g/mol. The number of rotatable bonds is 8. The second-order valence-electron chi connectivity index (χ2n) is 8.35. The van der Waals surface area contributed by atoms with Crippen LogP contribution in [0.15, 0.2) is 45.8 Å². The molecule has 11 heteroatoms. The molecule has 0 unspecified atom stereocenters. The first-order valence-electron chi connectivity index (χ1n) is 10.9. The number of hydrogen-bond donors (Lipinski definition) is 1. The van der Waals surface area contributed by atoms with Gasteiger partial charge in [0.2, 0.25) is 15.9 Å². The number of carbonyl (C=O) groups excluding carboxylic acids is 1. The molecule has 0 spiro atoms. The minimum Gasteiger partial charge on any atom is -0.497 e. The van der Waals surface area contributed by atoms with Gasteiger partial charge in [0.15, 0.2) is 12.4 Å². The molecule has 3 aromatic rings. The third-order valence-electron chi connectivity index (χ3n) is 5.80. The highest BCUT2D eigenvalue weighted by Gasteiger charge is 2.32. The monoisotopic (exact) mass is 484 g/mol. The predicted molar refractivity (Wildman–Crippen MR) is 121 cm³/mol. The third kappa shape index (κ3) is 4.48. The van der Waals surface area contributed by atoms with E-state index in [0.29, 0.717) is 40.4 Å². The Hall–Kier alpha value is -3.44. The van der Waals surface area contributed by atoms with Crippen molar-refractivity contribution in [1.29, 1.82) is 0 Å². The van der Waals surface area contributed by atoms with E-state index in [1.807, 2.05) is 6.07 Å². The van der Waals surface area contributed by atoms with Gasteiger partial charge in [-0.05, 0) is 49.1 Å². The maximum absolute atomic E-state index is 13.1. The summed E-state index contributed by atoms with van der Waals surface area (Å²) in [4.78, 5) is 18.6. The molecule has 2 aromatic carbocycles. The number of aryl methyl sites for hydroxylation is 1. The van der Waals surface area contributed by atoms with E-state index in [1.165, 1.54) is 11.0 Å². The molecule has 0 saturated heterocycles. The zero-order chi connectivity index (χ0) is 23.9. The van der Waals surface area contributed by atoms with Crippen molar-refractivity contribution in [2.24, 2.45) is 0 Å². The Morgan fingerprint density at radius 3 is 2.82 bits per heavy atom. The summed E-state index contributed by atoms with van der Waals surface area (Å²) < 4.78 is 44.8. The summed E-state index contributed by atoms with van der Waals surface area (Å²) in [6.45, 7) is 1.69. The maximum atomic E-state index is 13.1. The van der Waals surface area contributed by atoms with Crippen molar-refractivity contribution in [2.75, 3.05) is 18.6 Å². The van der Waals surface area contributed by atoms with E-state index < -0.39 is 10.0 Å². The van der Waals surface area contributed by atoms with E-state index in [2.05, 4.69) is 14.9 Å². The summed E-state index contributed by atoms with van der Waals surface area (Å²) >= 11 is 0. The number of fused-ring (bicyclic) bond motifs is 1. The number of methoxy groups -OCH3 is 1. The highest BCUT2D eigenvalue weighted by Crippen LogP contribution is 2.40. The van der Waals surface area contributed by atoms with Crippen LogP contribution in [-0.4, -0.2) is 38.2 Å². The molecule has 1 aromatic heterocycles. The van der Waals surface area contributed by atoms with Gasteiger partial charge in [-0.25, -0.2) is 13.1 Å². The summed E-state index contributed by atoms with van der Waals surface area (Å²) in [5.41, 5.74) is 1.71. The molecule has 0 bridgehead atoms. The molecule has 0 atom stereocenters. The Morgan fingerprint density at radius 2 is 2.06 bits per heavy atom. The van der Waals surface area contributed by atoms with Gasteiger partial charge >= 0.3 is 0 Å². The Balaban J connectivity index is 1.38. The maximum Gasteiger partial charge on any atom is 0.265 e. The van der Waals surface area contributed by atoms with Crippen molar-refractivity contribution in [3.05, 3.63) is 59.2 Å². The first-order valence-corrected chi connectivity index (χ1v) is 12.4. The molecule has 178 valence electrons. The first kappa shape index (κ1) is 22.4. The number of aromatic nitrogens is 2. The molecular formula is C23H24N4O6S. The average Bonchev–Trinajstić information content (AvgIpc) is 3.58. The average molecular weight is 485 g/mol. The lowest BCUT2D eigenvalue weighted by Crippen LogP contribution is -2.38. The number of ether oxygens (including phenoxy) is 2. The molecule has 1 N–H and O–H groups in total. The van der Waals surface area contributed by atoms with E-state index in [4.69, 9.17) is 14.0 Å². The van der Waals surface area contributed by atoms with E-state index in [-0.39, 0.29) is 30.5 Å². The number of anilines is 1. The van der Waals surface area contributed by atoms with E-state index in [0.717, 1.165) is 18.4 Å². The van der Waals surface area contributed by atoms with Crippen LogP contribution in [0.4, 0.5) is 5.69 Å². The van der Waals surface area contributed by atoms with Crippen LogP contribution in [0.25, 0.3) is 0 Å². The number of carbonyl (C=O) groups is 1. The predicted octanol–water partition coefficient (Wildman–Crippen LogP) is 2.67. The fraction of sp³-hybridized carbons (Fsp3) is 0.348. The number of sulfonamides is 1. The van der Waals surface area contributed by atoms with Gasteiger partial charge in [0.25, 0.3) is 5.91 Å². The van der Waals surface area contributed by atoms with Gasteiger partial charge in [0.05, 0.1) is 24.2 Å². The van der Waals surface area contributed by atoms with Crippen molar-refractivity contribution < 1.29 is 27.2 Å². The summed E-state index contributed by atoms with van der Waals surface area (Å²) in [6, 6.07) is 10.2. The fourth-order valence-electron chi connectivity index (χ4n) is 3.80. The quantitative estimate of drug-likeness (QED) is 0.518. The Labute approximate surface area is 196 Å². The van der Waals surface area contributed by atoms with Gasteiger partial charge in [0, 0.05) is 18.5 Å². The lowest BCUT2D eigenvalue weighted by molar-refractivity contribution is -0.121. The van der Waals surface area contributed by atoms with Crippen molar-refractivity contribution in [1.82, 2.24) is 14.9 Å². The molecule has 2 aliphatic rings. The molecule has 2 heterocycles. The minimum absolute atomic E-state index is 0.0824. The number of nitrogens with zero attached hydrogens (tertiary/aromatic N) is 3. The topological polar surface area (TPSA) is 124 Å². The number of nitrogens with one attached hydrogen (secondary N) is 1. The molecule has 1 fully saturated rings. The second kappa shape index (κ2) is 8.73. The number of amides is 1. The number of hydrogen-bond acceptors (Lipinski definition) is 8. The molecule has 1 aliphatic carbocycles. The second-order valence-corrected chi connectivity index (χ2v) is 10.1. The lowest BCUT2D eigenvalue weighted by Gasteiger charge is -2.29. The van der Waals surface area contributed by atoms with Gasteiger partial charge in [-0.15, -0.1) is 0 Å². The highest BCUT2D eigenvalue weighted by atomic mass is 32.2. The van der Waals surface area contributed by atoms with Crippen molar-refractivity contribution in [3.8, 4) is 11.5 Å². The lowest BCUT2D eigenvalue weighted by atomic mass is 10.1. The Morgan fingerprint density at radius 1 is 1.24 bits per heavy atom.